The van der Waals surface area contributed by atoms with Crippen molar-refractivity contribution in [2.24, 2.45) is 0 Å². The van der Waals surface area contributed by atoms with Crippen molar-refractivity contribution in [3.05, 3.63) is 30.1 Å². The number of aromatic nitrogens is 1. The predicted octanol–water partition coefficient (Wildman–Crippen LogP) is 0.985. The van der Waals surface area contributed by atoms with Gasteiger partial charge in [0.25, 0.3) is 0 Å². The van der Waals surface area contributed by atoms with Crippen LogP contribution in [-0.2, 0) is 16.6 Å². The minimum absolute atomic E-state index is 0.252. The van der Waals surface area contributed by atoms with Crippen LogP contribution in [0.25, 0.3) is 0 Å². The third kappa shape index (κ3) is 3.52. The third-order valence-corrected chi connectivity index (χ3v) is 5.91. The van der Waals surface area contributed by atoms with E-state index >= 15 is 0 Å². The van der Waals surface area contributed by atoms with Gasteiger partial charge in [0.15, 0.2) is 0 Å². The van der Waals surface area contributed by atoms with Gasteiger partial charge < -0.3 is 5.32 Å². The molecule has 0 aliphatic carbocycles. The Morgan fingerprint density at radius 3 is 2.68 bits per heavy atom. The lowest BCUT2D eigenvalue weighted by Gasteiger charge is -2.29. The molecule has 1 saturated heterocycles. The van der Waals surface area contributed by atoms with Gasteiger partial charge in [-0.2, -0.15) is 4.31 Å². The van der Waals surface area contributed by atoms with Gasteiger partial charge >= 0.3 is 0 Å². The molecule has 0 saturated carbocycles. The second-order valence-electron chi connectivity index (χ2n) is 4.74. The maximum Gasteiger partial charge on any atom is 0.217 e. The van der Waals surface area contributed by atoms with Crippen LogP contribution in [-0.4, -0.2) is 42.6 Å². The molecule has 1 aromatic rings. The molecule has 1 aliphatic rings. The molecule has 1 fully saturated rings. The largest absolute Gasteiger partial charge is 0.317 e. The summed E-state index contributed by atoms with van der Waals surface area (Å²) < 4.78 is 26.7. The summed E-state index contributed by atoms with van der Waals surface area (Å²) in [5.74, 6) is 0. The van der Waals surface area contributed by atoms with Gasteiger partial charge in [0.2, 0.25) is 10.0 Å². The first-order chi connectivity index (χ1) is 9.14. The lowest BCUT2D eigenvalue weighted by atomic mass is 10.2. The van der Waals surface area contributed by atoms with E-state index in [1.54, 1.807) is 10.5 Å². The van der Waals surface area contributed by atoms with Gasteiger partial charge in [0.1, 0.15) is 0 Å². The van der Waals surface area contributed by atoms with E-state index in [0.717, 1.165) is 18.8 Å². The van der Waals surface area contributed by atoms with E-state index in [-0.39, 0.29) is 5.25 Å². The van der Waals surface area contributed by atoms with Gasteiger partial charge in [-0.25, -0.2) is 8.42 Å². The highest BCUT2D eigenvalue weighted by atomic mass is 32.2. The molecule has 0 amide bonds. The van der Waals surface area contributed by atoms with Crippen molar-refractivity contribution in [2.75, 3.05) is 19.6 Å². The molecule has 0 aromatic carbocycles. The first-order valence-corrected chi connectivity index (χ1v) is 8.24. The zero-order valence-electron chi connectivity index (χ0n) is 11.2. The average molecular weight is 283 g/mol. The molecule has 2 rings (SSSR count). The molecule has 1 aromatic heterocycles. The predicted molar refractivity (Wildman–Crippen MR) is 75.1 cm³/mol. The highest BCUT2D eigenvalue weighted by molar-refractivity contribution is 7.89. The van der Waals surface area contributed by atoms with Crippen LogP contribution in [0.2, 0.25) is 0 Å². The van der Waals surface area contributed by atoms with Gasteiger partial charge in [-0.15, -0.1) is 0 Å². The van der Waals surface area contributed by atoms with Crippen LogP contribution in [0.3, 0.4) is 0 Å². The summed E-state index contributed by atoms with van der Waals surface area (Å²) in [5.41, 5.74) is 0.793. The fourth-order valence-electron chi connectivity index (χ4n) is 2.36. The van der Waals surface area contributed by atoms with Gasteiger partial charge in [-0.1, -0.05) is 13.0 Å². The maximum absolute atomic E-state index is 12.6. The molecule has 0 bridgehead atoms. The fourth-order valence-corrected chi connectivity index (χ4v) is 4.28. The van der Waals surface area contributed by atoms with E-state index in [1.807, 2.05) is 25.1 Å². The smallest absolute Gasteiger partial charge is 0.217 e. The van der Waals surface area contributed by atoms with Crippen LogP contribution in [0, 0.1) is 0 Å². The molecule has 2 heterocycles. The Bertz CT molecular complexity index is 484. The highest BCUT2D eigenvalue weighted by Gasteiger charge is 2.32. The van der Waals surface area contributed by atoms with Crippen molar-refractivity contribution in [2.45, 2.75) is 31.6 Å². The normalized spacial score (nSPS) is 17.8. The molecule has 19 heavy (non-hydrogen) atoms. The minimum Gasteiger partial charge on any atom is -0.317 e. The summed E-state index contributed by atoms with van der Waals surface area (Å²) in [6, 6.07) is 5.58. The number of pyridine rings is 1. The fraction of sp³-hybridized carbons (Fsp3) is 0.615. The number of hydrogen-bond acceptors (Lipinski definition) is 4. The molecule has 106 valence electrons. The summed E-state index contributed by atoms with van der Waals surface area (Å²) in [6.07, 6.45) is 3.09. The van der Waals surface area contributed by atoms with Gasteiger partial charge in [-0.05, 0) is 38.1 Å². The minimum atomic E-state index is -3.22. The van der Waals surface area contributed by atoms with Gasteiger partial charge in [0, 0.05) is 12.7 Å². The Morgan fingerprint density at radius 2 is 2.11 bits per heavy atom. The summed E-state index contributed by atoms with van der Waals surface area (Å²) in [7, 11) is -3.22. The Kier molecular flexibility index (Phi) is 4.90. The lowest BCUT2D eigenvalue weighted by molar-refractivity contribution is 0.395. The lowest BCUT2D eigenvalue weighted by Crippen LogP contribution is -2.43. The van der Waals surface area contributed by atoms with Crippen LogP contribution in [0.5, 0.6) is 0 Å². The number of piperidine rings is 1. The molecular weight excluding hydrogens is 262 g/mol. The number of hydrogen-bond donors (Lipinski definition) is 1. The van der Waals surface area contributed by atoms with Crippen molar-refractivity contribution >= 4 is 10.0 Å². The van der Waals surface area contributed by atoms with E-state index in [2.05, 4.69) is 10.3 Å². The SMILES string of the molecule is CCN(Cc1ccccn1)S(=O)(=O)C1CCNCC1. The Labute approximate surface area is 115 Å². The number of sulfonamides is 1. The summed E-state index contributed by atoms with van der Waals surface area (Å²) in [6.45, 7) is 4.30. The number of rotatable bonds is 5. The number of nitrogens with one attached hydrogen (secondary N) is 1. The van der Waals surface area contributed by atoms with E-state index in [4.69, 9.17) is 0 Å². The Hall–Kier alpha value is -0.980. The molecular formula is C13H21N3O2S. The molecule has 0 atom stereocenters. The molecule has 5 nitrogen and oxygen atoms in total. The van der Waals surface area contributed by atoms with Gasteiger partial charge in [-0.3, -0.25) is 4.98 Å². The zero-order valence-corrected chi connectivity index (χ0v) is 12.1. The van der Waals surface area contributed by atoms with Gasteiger partial charge in [0.05, 0.1) is 17.5 Å². The quantitative estimate of drug-likeness (QED) is 0.875. The third-order valence-electron chi connectivity index (χ3n) is 3.48. The van der Waals surface area contributed by atoms with Crippen LogP contribution < -0.4 is 5.32 Å². The van der Waals surface area contributed by atoms with E-state index in [0.29, 0.717) is 25.9 Å². The van der Waals surface area contributed by atoms with Crippen molar-refractivity contribution in [1.29, 1.82) is 0 Å². The average Bonchev–Trinajstić information content (AvgIpc) is 2.46. The maximum atomic E-state index is 12.6. The standard InChI is InChI=1S/C13H21N3O2S/c1-2-16(11-12-5-3-4-8-15-12)19(17,18)13-6-9-14-10-7-13/h3-5,8,13-14H,2,6-7,9-11H2,1H3. The first-order valence-electron chi connectivity index (χ1n) is 6.74. The molecule has 1 N–H and O–H groups in total. The zero-order chi connectivity index (χ0) is 13.7. The molecule has 1 aliphatic heterocycles. The second kappa shape index (κ2) is 6.45. The van der Waals surface area contributed by atoms with Crippen LogP contribution in [0.15, 0.2) is 24.4 Å². The number of nitrogens with zero attached hydrogens (tertiary/aromatic N) is 2. The second-order valence-corrected chi connectivity index (χ2v) is 6.95. The monoisotopic (exact) mass is 283 g/mol. The Balaban J connectivity index is 2.11. The van der Waals surface area contributed by atoms with E-state index in [9.17, 15) is 8.42 Å². The van der Waals surface area contributed by atoms with Crippen LogP contribution in [0.1, 0.15) is 25.5 Å². The van der Waals surface area contributed by atoms with E-state index < -0.39 is 10.0 Å². The molecule has 0 radical (unpaired) electrons. The highest BCUT2D eigenvalue weighted by Crippen LogP contribution is 2.19. The molecule has 6 heteroatoms. The molecule has 0 unspecified atom stereocenters. The summed E-state index contributed by atoms with van der Waals surface area (Å²) in [4.78, 5) is 4.21. The van der Waals surface area contributed by atoms with Crippen LogP contribution >= 0.6 is 0 Å². The topological polar surface area (TPSA) is 62.3 Å². The van der Waals surface area contributed by atoms with Crippen molar-refractivity contribution in [3.63, 3.8) is 0 Å². The van der Waals surface area contributed by atoms with Crippen LogP contribution in [0.4, 0.5) is 0 Å². The summed E-state index contributed by atoms with van der Waals surface area (Å²) in [5, 5.41) is 2.95. The van der Waals surface area contributed by atoms with Crippen molar-refractivity contribution < 1.29 is 8.42 Å². The summed E-state index contributed by atoms with van der Waals surface area (Å²) >= 11 is 0. The van der Waals surface area contributed by atoms with Crippen molar-refractivity contribution in [3.8, 4) is 0 Å². The molecule has 0 spiro atoms. The first kappa shape index (κ1) is 14.4. The Morgan fingerprint density at radius 1 is 1.37 bits per heavy atom. The van der Waals surface area contributed by atoms with Crippen molar-refractivity contribution in [1.82, 2.24) is 14.6 Å². The van der Waals surface area contributed by atoms with E-state index in [1.165, 1.54) is 0 Å².